The number of ether oxygens (including phenoxy) is 2. The number of carbonyl (C=O) groups is 1. The number of carbonyl (C=O) groups excluding carboxylic acids is 1. The highest BCUT2D eigenvalue weighted by Gasteiger charge is 2.28. The van der Waals surface area contributed by atoms with Crippen molar-refractivity contribution < 1.29 is 14.3 Å². The van der Waals surface area contributed by atoms with Gasteiger partial charge in [-0.1, -0.05) is 18.2 Å². The SMILES string of the molecule is COc1ccccc1OCC(=O)N1CCCC(c2nnc3ccccn23)C1. The van der Waals surface area contributed by atoms with Gasteiger partial charge in [0.25, 0.3) is 5.91 Å². The molecule has 1 atom stereocenters. The molecule has 3 aromatic rings. The van der Waals surface area contributed by atoms with Crippen molar-refractivity contribution in [2.75, 3.05) is 26.8 Å². The van der Waals surface area contributed by atoms with Gasteiger partial charge >= 0.3 is 0 Å². The Kier molecular flexibility index (Phi) is 4.91. The second-order valence-electron chi connectivity index (χ2n) is 6.61. The van der Waals surface area contributed by atoms with Gasteiger partial charge in [-0.25, -0.2) is 0 Å². The molecular weight excluding hydrogens is 344 g/mol. The number of benzene rings is 1. The van der Waals surface area contributed by atoms with Crippen molar-refractivity contribution in [1.82, 2.24) is 19.5 Å². The molecule has 1 aliphatic heterocycles. The zero-order valence-corrected chi connectivity index (χ0v) is 15.2. The summed E-state index contributed by atoms with van der Waals surface area (Å²) in [5.41, 5.74) is 0.829. The number of piperidine rings is 1. The molecule has 1 aromatic carbocycles. The number of para-hydroxylation sites is 2. The third kappa shape index (κ3) is 3.58. The van der Waals surface area contributed by atoms with E-state index >= 15 is 0 Å². The minimum absolute atomic E-state index is 0.00628. The molecule has 2 aromatic heterocycles. The summed E-state index contributed by atoms with van der Waals surface area (Å²) < 4.78 is 13.0. The first-order valence-corrected chi connectivity index (χ1v) is 9.09. The highest BCUT2D eigenvalue weighted by atomic mass is 16.5. The van der Waals surface area contributed by atoms with E-state index in [1.165, 1.54) is 0 Å². The van der Waals surface area contributed by atoms with E-state index in [9.17, 15) is 4.79 Å². The Morgan fingerprint density at radius 2 is 1.96 bits per heavy atom. The van der Waals surface area contributed by atoms with E-state index in [0.29, 0.717) is 18.0 Å². The van der Waals surface area contributed by atoms with Crippen LogP contribution in [0.3, 0.4) is 0 Å². The average Bonchev–Trinajstić information content (AvgIpc) is 3.16. The van der Waals surface area contributed by atoms with Gasteiger partial charge in [0, 0.05) is 25.2 Å². The van der Waals surface area contributed by atoms with Crippen LogP contribution in [0.2, 0.25) is 0 Å². The molecule has 0 radical (unpaired) electrons. The Morgan fingerprint density at radius 3 is 2.81 bits per heavy atom. The van der Waals surface area contributed by atoms with Crippen molar-refractivity contribution in [3.05, 3.63) is 54.5 Å². The molecule has 1 aliphatic rings. The van der Waals surface area contributed by atoms with Gasteiger partial charge in [0.05, 0.1) is 7.11 Å². The Bertz CT molecular complexity index is 940. The number of likely N-dealkylation sites (tertiary alicyclic amines) is 1. The van der Waals surface area contributed by atoms with Gasteiger partial charge in [0.15, 0.2) is 23.8 Å². The first kappa shape index (κ1) is 17.3. The maximum absolute atomic E-state index is 12.7. The molecule has 4 rings (SSSR count). The van der Waals surface area contributed by atoms with Gasteiger partial charge in [0.1, 0.15) is 5.82 Å². The molecule has 1 fully saturated rings. The van der Waals surface area contributed by atoms with Crippen molar-refractivity contribution in [2.24, 2.45) is 0 Å². The molecule has 0 N–H and O–H groups in total. The first-order chi connectivity index (χ1) is 13.3. The van der Waals surface area contributed by atoms with Crippen LogP contribution in [0, 0.1) is 0 Å². The van der Waals surface area contributed by atoms with Gasteiger partial charge in [-0.2, -0.15) is 0 Å². The van der Waals surface area contributed by atoms with Crippen LogP contribution in [-0.2, 0) is 4.79 Å². The lowest BCUT2D eigenvalue weighted by Gasteiger charge is -2.32. The topological polar surface area (TPSA) is 69.0 Å². The fourth-order valence-electron chi connectivity index (χ4n) is 3.52. The Morgan fingerprint density at radius 1 is 1.15 bits per heavy atom. The van der Waals surface area contributed by atoms with Crippen molar-refractivity contribution in [3.8, 4) is 11.5 Å². The Balaban J connectivity index is 1.42. The quantitative estimate of drug-likeness (QED) is 0.694. The maximum atomic E-state index is 12.7. The van der Waals surface area contributed by atoms with Gasteiger partial charge in [-0.05, 0) is 37.1 Å². The highest BCUT2D eigenvalue weighted by Crippen LogP contribution is 2.28. The van der Waals surface area contributed by atoms with E-state index in [4.69, 9.17) is 9.47 Å². The average molecular weight is 366 g/mol. The van der Waals surface area contributed by atoms with Gasteiger partial charge in [0.2, 0.25) is 0 Å². The van der Waals surface area contributed by atoms with Gasteiger partial charge in [-0.3, -0.25) is 9.20 Å². The predicted molar refractivity (Wildman–Crippen MR) is 100 cm³/mol. The van der Waals surface area contributed by atoms with Crippen LogP contribution in [-0.4, -0.2) is 52.2 Å². The van der Waals surface area contributed by atoms with E-state index in [1.54, 1.807) is 13.2 Å². The molecule has 3 heterocycles. The number of hydrogen-bond acceptors (Lipinski definition) is 5. The lowest BCUT2D eigenvalue weighted by Crippen LogP contribution is -2.42. The molecule has 27 heavy (non-hydrogen) atoms. The zero-order valence-electron chi connectivity index (χ0n) is 15.2. The lowest BCUT2D eigenvalue weighted by atomic mass is 9.97. The van der Waals surface area contributed by atoms with E-state index in [1.807, 2.05) is 51.9 Å². The largest absolute Gasteiger partial charge is 0.493 e. The summed E-state index contributed by atoms with van der Waals surface area (Å²) in [6.07, 6.45) is 3.90. The minimum Gasteiger partial charge on any atom is -0.493 e. The van der Waals surface area contributed by atoms with E-state index in [-0.39, 0.29) is 18.4 Å². The number of nitrogens with zero attached hydrogens (tertiary/aromatic N) is 4. The van der Waals surface area contributed by atoms with Gasteiger partial charge in [-0.15, -0.1) is 10.2 Å². The first-order valence-electron chi connectivity index (χ1n) is 9.09. The molecule has 0 saturated carbocycles. The molecule has 7 heteroatoms. The van der Waals surface area contributed by atoms with Crippen LogP contribution in [0.5, 0.6) is 11.5 Å². The minimum atomic E-state index is -0.0283. The highest BCUT2D eigenvalue weighted by molar-refractivity contribution is 5.78. The van der Waals surface area contributed by atoms with Crippen LogP contribution in [0.15, 0.2) is 48.7 Å². The second kappa shape index (κ2) is 7.65. The number of aromatic nitrogens is 3. The summed E-state index contributed by atoms with van der Waals surface area (Å²) in [5, 5.41) is 8.59. The normalized spacial score (nSPS) is 17.1. The summed E-state index contributed by atoms with van der Waals surface area (Å²) >= 11 is 0. The molecule has 0 spiro atoms. The summed E-state index contributed by atoms with van der Waals surface area (Å²) in [6, 6.07) is 13.2. The van der Waals surface area contributed by atoms with Crippen LogP contribution < -0.4 is 9.47 Å². The molecular formula is C20H22N4O3. The summed E-state index contributed by atoms with van der Waals surface area (Å²) in [7, 11) is 1.59. The zero-order chi connectivity index (χ0) is 18.6. The van der Waals surface area contributed by atoms with Crippen LogP contribution in [0.1, 0.15) is 24.6 Å². The molecule has 7 nitrogen and oxygen atoms in total. The standard InChI is InChI=1S/C20H22N4O3/c1-26-16-8-2-3-9-17(16)27-14-19(25)23-11-6-7-15(13-23)20-22-21-18-10-4-5-12-24(18)20/h2-5,8-10,12,15H,6-7,11,13-14H2,1H3. The fourth-order valence-corrected chi connectivity index (χ4v) is 3.52. The van der Waals surface area contributed by atoms with Crippen molar-refractivity contribution >= 4 is 11.6 Å². The monoisotopic (exact) mass is 366 g/mol. The number of hydrogen-bond donors (Lipinski definition) is 0. The summed E-state index contributed by atoms with van der Waals surface area (Å²) in [5.74, 6) is 2.25. The van der Waals surface area contributed by atoms with Gasteiger partial charge < -0.3 is 14.4 Å². The van der Waals surface area contributed by atoms with Crippen molar-refractivity contribution in [1.29, 1.82) is 0 Å². The van der Waals surface area contributed by atoms with Crippen molar-refractivity contribution in [2.45, 2.75) is 18.8 Å². The number of amides is 1. The Hall–Kier alpha value is -3.09. The maximum Gasteiger partial charge on any atom is 0.260 e. The van der Waals surface area contributed by atoms with E-state index < -0.39 is 0 Å². The molecule has 1 saturated heterocycles. The Labute approximate surface area is 157 Å². The number of methoxy groups -OCH3 is 1. The predicted octanol–water partition coefficient (Wildman–Crippen LogP) is 2.52. The molecule has 1 amide bonds. The number of pyridine rings is 1. The van der Waals surface area contributed by atoms with Crippen LogP contribution in [0.4, 0.5) is 0 Å². The molecule has 140 valence electrons. The third-order valence-corrected chi connectivity index (χ3v) is 4.90. The third-order valence-electron chi connectivity index (χ3n) is 4.90. The van der Waals surface area contributed by atoms with Crippen LogP contribution in [0.25, 0.3) is 5.65 Å². The fraction of sp³-hybridized carbons (Fsp3) is 0.350. The number of rotatable bonds is 5. The van der Waals surface area contributed by atoms with E-state index in [0.717, 1.165) is 30.9 Å². The molecule has 0 aliphatic carbocycles. The van der Waals surface area contributed by atoms with E-state index in [2.05, 4.69) is 10.2 Å². The van der Waals surface area contributed by atoms with Crippen molar-refractivity contribution in [3.63, 3.8) is 0 Å². The summed E-state index contributed by atoms with van der Waals surface area (Å²) in [4.78, 5) is 14.5. The molecule has 1 unspecified atom stereocenters. The number of fused-ring (bicyclic) bond motifs is 1. The smallest absolute Gasteiger partial charge is 0.260 e. The lowest BCUT2D eigenvalue weighted by molar-refractivity contribution is -0.134. The second-order valence-corrected chi connectivity index (χ2v) is 6.61. The van der Waals surface area contributed by atoms with Crippen LogP contribution >= 0.6 is 0 Å². The molecule has 0 bridgehead atoms. The summed E-state index contributed by atoms with van der Waals surface area (Å²) in [6.45, 7) is 1.36.